The summed E-state index contributed by atoms with van der Waals surface area (Å²) in [4.78, 5) is 21.0. The molecule has 7 nitrogen and oxygen atoms in total. The summed E-state index contributed by atoms with van der Waals surface area (Å²) in [5.41, 5.74) is 3.40. The van der Waals surface area contributed by atoms with E-state index < -0.39 is 0 Å². The van der Waals surface area contributed by atoms with Gasteiger partial charge in [0.05, 0.1) is 11.2 Å². The second-order valence-corrected chi connectivity index (χ2v) is 7.94. The number of amides is 2. The van der Waals surface area contributed by atoms with E-state index in [4.69, 9.17) is 9.47 Å². The number of anilines is 1. The summed E-state index contributed by atoms with van der Waals surface area (Å²) >= 11 is 1.54. The van der Waals surface area contributed by atoms with Crippen LogP contribution in [0.4, 0.5) is 10.5 Å². The Hall–Kier alpha value is -3.10. The number of hydrogen-bond acceptors (Lipinski definition) is 6. The number of piperazine rings is 1. The zero-order valence-electron chi connectivity index (χ0n) is 17.3. The molecule has 0 saturated carbocycles. The number of rotatable bonds is 8. The number of aromatic nitrogens is 1. The van der Waals surface area contributed by atoms with Crippen LogP contribution in [0, 0.1) is 0 Å². The summed E-state index contributed by atoms with van der Waals surface area (Å²) in [7, 11) is 0. The van der Waals surface area contributed by atoms with Gasteiger partial charge in [0.15, 0.2) is 0 Å². The van der Waals surface area contributed by atoms with Crippen molar-refractivity contribution >= 4 is 23.1 Å². The first-order chi connectivity index (χ1) is 15.3. The van der Waals surface area contributed by atoms with E-state index >= 15 is 0 Å². The van der Waals surface area contributed by atoms with Gasteiger partial charge in [-0.05, 0) is 24.3 Å². The third kappa shape index (κ3) is 6.44. The largest absolute Gasteiger partial charge is 0.492 e. The van der Waals surface area contributed by atoms with Crippen LogP contribution in [0.1, 0.15) is 5.69 Å². The second-order valence-electron chi connectivity index (χ2n) is 7.22. The SMILES string of the molecule is O=C(Nc1cccc(OCc2cscn2)c1)N1CCN(CCOc2ccccc2)CC1. The van der Waals surface area contributed by atoms with E-state index in [1.54, 1.807) is 16.8 Å². The number of hydrogen-bond donors (Lipinski definition) is 1. The summed E-state index contributed by atoms with van der Waals surface area (Å²) in [6.07, 6.45) is 0. The van der Waals surface area contributed by atoms with Crippen LogP contribution < -0.4 is 14.8 Å². The van der Waals surface area contributed by atoms with Crippen molar-refractivity contribution in [1.82, 2.24) is 14.8 Å². The minimum absolute atomic E-state index is 0.0863. The number of nitrogens with zero attached hydrogens (tertiary/aromatic N) is 3. The number of benzene rings is 2. The smallest absolute Gasteiger partial charge is 0.321 e. The fourth-order valence-corrected chi connectivity index (χ4v) is 3.86. The molecule has 3 aromatic rings. The van der Waals surface area contributed by atoms with E-state index in [-0.39, 0.29) is 6.03 Å². The molecule has 4 rings (SSSR count). The van der Waals surface area contributed by atoms with Gasteiger partial charge >= 0.3 is 6.03 Å². The van der Waals surface area contributed by atoms with Crippen LogP contribution in [-0.2, 0) is 6.61 Å². The van der Waals surface area contributed by atoms with Crippen molar-refractivity contribution in [3.8, 4) is 11.5 Å². The van der Waals surface area contributed by atoms with Crippen LogP contribution in [0.15, 0.2) is 65.5 Å². The van der Waals surface area contributed by atoms with Crippen molar-refractivity contribution in [3.05, 3.63) is 71.2 Å². The molecule has 0 aliphatic carbocycles. The number of thiazole rings is 1. The Morgan fingerprint density at radius 3 is 2.58 bits per heavy atom. The van der Waals surface area contributed by atoms with E-state index in [1.165, 1.54) is 0 Å². The summed E-state index contributed by atoms with van der Waals surface area (Å²) in [6.45, 7) is 4.96. The normalized spacial score (nSPS) is 14.3. The zero-order chi connectivity index (χ0) is 21.3. The molecule has 1 aliphatic heterocycles. The molecular formula is C23H26N4O3S. The minimum Gasteiger partial charge on any atom is -0.492 e. The van der Waals surface area contributed by atoms with E-state index in [0.717, 1.165) is 36.8 Å². The van der Waals surface area contributed by atoms with Crippen molar-refractivity contribution in [3.63, 3.8) is 0 Å². The molecule has 2 heterocycles. The molecule has 1 fully saturated rings. The molecule has 1 aromatic heterocycles. The van der Waals surface area contributed by atoms with Crippen molar-refractivity contribution in [1.29, 1.82) is 0 Å². The van der Waals surface area contributed by atoms with Crippen LogP contribution in [0.2, 0.25) is 0 Å². The average molecular weight is 439 g/mol. The molecule has 0 spiro atoms. The average Bonchev–Trinajstić information content (AvgIpc) is 3.33. The van der Waals surface area contributed by atoms with E-state index in [2.05, 4.69) is 15.2 Å². The number of para-hydroxylation sites is 1. The van der Waals surface area contributed by atoms with Gasteiger partial charge in [-0.1, -0.05) is 24.3 Å². The van der Waals surface area contributed by atoms with Crippen LogP contribution in [0.3, 0.4) is 0 Å². The molecule has 0 radical (unpaired) electrons. The molecular weight excluding hydrogens is 412 g/mol. The van der Waals surface area contributed by atoms with Gasteiger partial charge in [0, 0.05) is 49.9 Å². The Kier molecular flexibility index (Phi) is 7.36. The van der Waals surface area contributed by atoms with Gasteiger partial charge < -0.3 is 19.7 Å². The molecule has 8 heteroatoms. The lowest BCUT2D eigenvalue weighted by Gasteiger charge is -2.34. The predicted octanol–water partition coefficient (Wildman–Crippen LogP) is 3.95. The Balaban J connectivity index is 1.19. The third-order valence-electron chi connectivity index (χ3n) is 5.03. The third-order valence-corrected chi connectivity index (χ3v) is 5.67. The first-order valence-corrected chi connectivity index (χ1v) is 11.3. The maximum absolute atomic E-state index is 12.7. The van der Waals surface area contributed by atoms with E-state index in [1.807, 2.05) is 64.9 Å². The molecule has 1 saturated heterocycles. The highest BCUT2D eigenvalue weighted by Gasteiger charge is 2.21. The van der Waals surface area contributed by atoms with Crippen molar-refractivity contribution in [2.45, 2.75) is 6.61 Å². The monoisotopic (exact) mass is 438 g/mol. The van der Waals surface area contributed by atoms with Gasteiger partial charge in [-0.15, -0.1) is 11.3 Å². The van der Waals surface area contributed by atoms with Gasteiger partial charge in [-0.2, -0.15) is 0 Å². The predicted molar refractivity (Wildman–Crippen MR) is 122 cm³/mol. The van der Waals surface area contributed by atoms with Gasteiger partial charge in [0.25, 0.3) is 0 Å². The highest BCUT2D eigenvalue weighted by molar-refractivity contribution is 7.07. The summed E-state index contributed by atoms with van der Waals surface area (Å²) in [6, 6.07) is 17.2. The van der Waals surface area contributed by atoms with Gasteiger partial charge in [-0.3, -0.25) is 4.90 Å². The van der Waals surface area contributed by atoms with Crippen molar-refractivity contribution in [2.75, 3.05) is 44.6 Å². The summed E-state index contributed by atoms with van der Waals surface area (Å²) < 4.78 is 11.5. The van der Waals surface area contributed by atoms with Crippen LogP contribution >= 0.6 is 11.3 Å². The Morgan fingerprint density at radius 2 is 1.81 bits per heavy atom. The number of urea groups is 1. The number of carbonyl (C=O) groups excluding carboxylic acids is 1. The van der Waals surface area contributed by atoms with Crippen LogP contribution in [0.25, 0.3) is 0 Å². The maximum atomic E-state index is 12.7. The summed E-state index contributed by atoms with van der Waals surface area (Å²) in [5, 5.41) is 4.93. The zero-order valence-corrected chi connectivity index (χ0v) is 18.1. The molecule has 162 valence electrons. The molecule has 0 unspecified atom stereocenters. The fourth-order valence-electron chi connectivity index (χ4n) is 3.32. The molecule has 2 amide bonds. The lowest BCUT2D eigenvalue weighted by Crippen LogP contribution is -2.50. The van der Waals surface area contributed by atoms with Gasteiger partial charge in [0.1, 0.15) is 24.7 Å². The molecule has 0 atom stereocenters. The molecule has 1 N–H and O–H groups in total. The Bertz CT molecular complexity index is 944. The lowest BCUT2D eigenvalue weighted by molar-refractivity contribution is 0.132. The van der Waals surface area contributed by atoms with E-state index in [9.17, 15) is 4.79 Å². The first-order valence-electron chi connectivity index (χ1n) is 10.3. The van der Waals surface area contributed by atoms with Crippen LogP contribution in [0.5, 0.6) is 11.5 Å². The molecule has 1 aliphatic rings. The summed E-state index contributed by atoms with van der Waals surface area (Å²) in [5.74, 6) is 1.59. The fraction of sp³-hybridized carbons (Fsp3) is 0.304. The molecule has 0 bridgehead atoms. The molecule has 31 heavy (non-hydrogen) atoms. The number of ether oxygens (including phenoxy) is 2. The Labute approximate surface area is 186 Å². The minimum atomic E-state index is -0.0863. The van der Waals surface area contributed by atoms with Gasteiger partial charge in [0.2, 0.25) is 0 Å². The van der Waals surface area contributed by atoms with Gasteiger partial charge in [-0.25, -0.2) is 9.78 Å². The topological polar surface area (TPSA) is 66.9 Å². The number of carbonyl (C=O) groups is 1. The van der Waals surface area contributed by atoms with Crippen molar-refractivity contribution in [2.24, 2.45) is 0 Å². The van der Waals surface area contributed by atoms with Crippen LogP contribution in [-0.4, -0.2) is 60.1 Å². The van der Waals surface area contributed by atoms with E-state index in [0.29, 0.717) is 32.1 Å². The molecule has 2 aromatic carbocycles. The second kappa shape index (κ2) is 10.8. The standard InChI is InChI=1S/C23H26N4O3S/c28-23(25-19-5-4-8-22(15-19)30-16-20-17-31-18-24-20)27-11-9-26(10-12-27)13-14-29-21-6-2-1-3-7-21/h1-8,15,17-18H,9-14,16H2,(H,25,28). The quantitative estimate of drug-likeness (QED) is 0.577. The highest BCUT2D eigenvalue weighted by atomic mass is 32.1. The highest BCUT2D eigenvalue weighted by Crippen LogP contribution is 2.19. The number of nitrogens with one attached hydrogen (secondary N) is 1. The first kappa shape index (κ1) is 21.1. The maximum Gasteiger partial charge on any atom is 0.321 e. The Morgan fingerprint density at radius 1 is 1.00 bits per heavy atom. The van der Waals surface area contributed by atoms with Crippen molar-refractivity contribution < 1.29 is 14.3 Å². The lowest BCUT2D eigenvalue weighted by atomic mass is 10.3.